The average Bonchev–Trinajstić information content (AvgIpc) is 2.20. The molecule has 0 aliphatic rings. The summed E-state index contributed by atoms with van der Waals surface area (Å²) in [5.74, 6) is -2.64. The highest BCUT2D eigenvalue weighted by atomic mass is 32.2. The summed E-state index contributed by atoms with van der Waals surface area (Å²) in [7, 11) is -0.957. The predicted octanol–water partition coefficient (Wildman–Crippen LogP) is 1.96. The molecule has 2 unspecified atom stereocenters. The molecule has 2 atom stereocenters. The Morgan fingerprint density at radius 1 is 1.24 bits per heavy atom. The van der Waals surface area contributed by atoms with Crippen LogP contribution in [-0.4, -0.2) is 22.3 Å². The highest BCUT2D eigenvalue weighted by Crippen LogP contribution is 2.13. The van der Waals surface area contributed by atoms with Crippen LogP contribution in [0.25, 0.3) is 0 Å². The maximum Gasteiger partial charge on any atom is 0.161 e. The third-order valence-corrected chi connectivity index (χ3v) is 3.18. The zero-order valence-electron chi connectivity index (χ0n) is 9.60. The van der Waals surface area contributed by atoms with E-state index in [1.54, 1.807) is 13.2 Å². The fraction of sp³-hybridized carbons (Fsp3) is 0.455. The molecule has 6 heteroatoms. The van der Waals surface area contributed by atoms with Crippen LogP contribution in [0.1, 0.15) is 12.5 Å². The first-order valence-corrected chi connectivity index (χ1v) is 6.79. The van der Waals surface area contributed by atoms with Crippen molar-refractivity contribution in [3.63, 3.8) is 0 Å². The van der Waals surface area contributed by atoms with Gasteiger partial charge >= 0.3 is 0 Å². The van der Waals surface area contributed by atoms with E-state index in [0.29, 0.717) is 11.8 Å². The van der Waals surface area contributed by atoms with Gasteiger partial charge in [-0.15, -0.1) is 0 Å². The average molecular weight is 265 g/mol. The summed E-state index contributed by atoms with van der Waals surface area (Å²) in [5, 5.41) is 2.90. The molecule has 96 valence electrons. The van der Waals surface area contributed by atoms with Gasteiger partial charge in [-0.1, -0.05) is 0 Å². The van der Waals surface area contributed by atoms with Crippen LogP contribution in [0.4, 0.5) is 13.2 Å². The molecule has 0 aromatic heterocycles. The van der Waals surface area contributed by atoms with Gasteiger partial charge in [0.15, 0.2) is 11.6 Å². The van der Waals surface area contributed by atoms with Crippen LogP contribution in [0, 0.1) is 17.5 Å². The summed E-state index contributed by atoms with van der Waals surface area (Å²) in [5.41, 5.74) is 0.0534. The van der Waals surface area contributed by atoms with Crippen molar-refractivity contribution in [2.45, 2.75) is 19.5 Å². The van der Waals surface area contributed by atoms with Crippen molar-refractivity contribution in [2.24, 2.45) is 0 Å². The van der Waals surface area contributed by atoms with Crippen molar-refractivity contribution in [1.82, 2.24) is 5.32 Å². The number of hydrogen-bond acceptors (Lipinski definition) is 2. The molecule has 0 amide bonds. The van der Waals surface area contributed by atoms with Crippen LogP contribution < -0.4 is 5.32 Å². The highest BCUT2D eigenvalue weighted by molar-refractivity contribution is 7.84. The van der Waals surface area contributed by atoms with Crippen molar-refractivity contribution in [1.29, 1.82) is 0 Å². The van der Waals surface area contributed by atoms with Crippen molar-refractivity contribution >= 4 is 10.8 Å². The molecule has 0 spiro atoms. The summed E-state index contributed by atoms with van der Waals surface area (Å²) >= 11 is 0. The zero-order chi connectivity index (χ0) is 13.0. The lowest BCUT2D eigenvalue weighted by Crippen LogP contribution is -2.30. The molecule has 0 saturated carbocycles. The van der Waals surface area contributed by atoms with E-state index in [0.717, 1.165) is 6.07 Å². The Bertz CT molecular complexity index is 425. The van der Waals surface area contributed by atoms with Gasteiger partial charge in [-0.2, -0.15) is 0 Å². The van der Waals surface area contributed by atoms with Crippen LogP contribution >= 0.6 is 0 Å². The second-order valence-corrected chi connectivity index (χ2v) is 5.36. The van der Waals surface area contributed by atoms with E-state index in [4.69, 9.17) is 0 Å². The Hall–Kier alpha value is -0.880. The maximum absolute atomic E-state index is 13.2. The Morgan fingerprint density at radius 3 is 2.41 bits per heavy atom. The molecule has 1 aromatic carbocycles. The summed E-state index contributed by atoms with van der Waals surface area (Å²) in [6.45, 7) is 1.86. The summed E-state index contributed by atoms with van der Waals surface area (Å²) in [6.07, 6.45) is 1.57. The zero-order valence-corrected chi connectivity index (χ0v) is 10.4. The van der Waals surface area contributed by atoms with E-state index in [2.05, 4.69) is 5.32 Å². The Morgan fingerprint density at radius 2 is 1.82 bits per heavy atom. The van der Waals surface area contributed by atoms with Gasteiger partial charge in [-0.3, -0.25) is 4.21 Å². The number of halogens is 3. The van der Waals surface area contributed by atoms with E-state index in [9.17, 15) is 17.4 Å². The molecule has 1 aromatic rings. The van der Waals surface area contributed by atoms with Crippen molar-refractivity contribution in [3.05, 3.63) is 35.1 Å². The van der Waals surface area contributed by atoms with Crippen molar-refractivity contribution in [3.8, 4) is 0 Å². The lowest BCUT2D eigenvalue weighted by molar-refractivity contribution is 0.483. The third kappa shape index (κ3) is 4.47. The minimum absolute atomic E-state index is 0.0534. The fourth-order valence-electron chi connectivity index (χ4n) is 1.39. The first-order chi connectivity index (χ1) is 7.90. The first kappa shape index (κ1) is 14.2. The molecule has 0 saturated heterocycles. The second-order valence-electron chi connectivity index (χ2n) is 3.88. The van der Waals surface area contributed by atoms with Gasteiger partial charge < -0.3 is 5.32 Å². The molecule has 0 fully saturated rings. The van der Waals surface area contributed by atoms with Gasteiger partial charge in [0.25, 0.3) is 0 Å². The van der Waals surface area contributed by atoms with Crippen LogP contribution in [0.3, 0.4) is 0 Å². The van der Waals surface area contributed by atoms with Gasteiger partial charge in [-0.25, -0.2) is 13.2 Å². The van der Waals surface area contributed by atoms with Crippen molar-refractivity contribution < 1.29 is 17.4 Å². The van der Waals surface area contributed by atoms with Crippen LogP contribution in [-0.2, 0) is 17.3 Å². The number of benzene rings is 1. The van der Waals surface area contributed by atoms with E-state index in [1.165, 1.54) is 0 Å². The van der Waals surface area contributed by atoms with Gasteiger partial charge in [-0.05, 0) is 13.0 Å². The third-order valence-electron chi connectivity index (χ3n) is 2.22. The Labute approximate surface area is 101 Å². The first-order valence-electron chi connectivity index (χ1n) is 5.07. The number of nitrogens with one attached hydrogen (secondary N) is 1. The molecular weight excluding hydrogens is 251 g/mol. The summed E-state index contributed by atoms with van der Waals surface area (Å²) in [4.78, 5) is 0. The maximum atomic E-state index is 13.2. The van der Waals surface area contributed by atoms with E-state index in [-0.39, 0.29) is 18.2 Å². The molecule has 1 N–H and O–H groups in total. The second kappa shape index (κ2) is 6.16. The molecule has 17 heavy (non-hydrogen) atoms. The number of rotatable bonds is 5. The minimum Gasteiger partial charge on any atom is -0.309 e. The van der Waals surface area contributed by atoms with E-state index >= 15 is 0 Å². The lowest BCUT2D eigenvalue weighted by Gasteiger charge is -2.12. The quantitative estimate of drug-likeness (QED) is 0.825. The Balaban J connectivity index is 2.63. The van der Waals surface area contributed by atoms with Crippen molar-refractivity contribution in [2.75, 3.05) is 12.0 Å². The topological polar surface area (TPSA) is 29.1 Å². The molecule has 2 nitrogen and oxygen atoms in total. The standard InChI is InChI=1S/C11H14F3NOS/c1-7(6-17(2)16)15-5-8-3-10(13)11(14)4-9(8)12/h3-4,7,15H,5-6H2,1-2H3. The fourth-order valence-corrected chi connectivity index (χ4v) is 2.22. The van der Waals surface area contributed by atoms with Crippen LogP contribution in [0.15, 0.2) is 12.1 Å². The molecular formula is C11H14F3NOS. The highest BCUT2D eigenvalue weighted by Gasteiger charge is 2.11. The van der Waals surface area contributed by atoms with E-state index < -0.39 is 28.3 Å². The van der Waals surface area contributed by atoms with Gasteiger partial charge in [0.2, 0.25) is 0 Å². The van der Waals surface area contributed by atoms with Crippen LogP contribution in [0.5, 0.6) is 0 Å². The minimum atomic E-state index is -1.20. The molecule has 0 aliphatic carbocycles. The largest absolute Gasteiger partial charge is 0.309 e. The van der Waals surface area contributed by atoms with Gasteiger partial charge in [0, 0.05) is 47.0 Å². The summed E-state index contributed by atoms with van der Waals surface area (Å²) in [6, 6.07) is 1.26. The smallest absolute Gasteiger partial charge is 0.161 e. The molecule has 0 bridgehead atoms. The lowest BCUT2D eigenvalue weighted by atomic mass is 10.2. The molecule has 0 radical (unpaired) electrons. The molecule has 0 aliphatic heterocycles. The number of hydrogen-bond donors (Lipinski definition) is 1. The van der Waals surface area contributed by atoms with Gasteiger partial charge in [0.05, 0.1) is 0 Å². The summed E-state index contributed by atoms with van der Waals surface area (Å²) < 4.78 is 49.7. The van der Waals surface area contributed by atoms with E-state index in [1.807, 2.05) is 0 Å². The van der Waals surface area contributed by atoms with Gasteiger partial charge in [0.1, 0.15) is 5.82 Å². The predicted molar refractivity (Wildman–Crippen MR) is 61.6 cm³/mol. The SMILES string of the molecule is CC(CS(C)=O)NCc1cc(F)c(F)cc1F. The van der Waals surface area contributed by atoms with Crippen LogP contribution in [0.2, 0.25) is 0 Å². The molecule has 0 heterocycles. The normalized spacial score (nSPS) is 14.6. The monoisotopic (exact) mass is 265 g/mol. The Kier molecular flexibility index (Phi) is 5.14. The molecule has 1 rings (SSSR count).